The first kappa shape index (κ1) is 18.4. The Morgan fingerprint density at radius 3 is 2.54 bits per heavy atom. The SMILES string of the molecule is O=C(c1cnc2ccccn12)[C@H](NCCc1ccc(Cl)cc1)c1ccccc1. The van der Waals surface area contributed by atoms with Crippen molar-refractivity contribution in [2.24, 2.45) is 0 Å². The van der Waals surface area contributed by atoms with Crippen LogP contribution in [0.25, 0.3) is 5.65 Å². The molecule has 0 aliphatic heterocycles. The average Bonchev–Trinajstić information content (AvgIpc) is 3.17. The molecule has 0 aliphatic carbocycles. The van der Waals surface area contributed by atoms with E-state index in [1.807, 2.05) is 83.4 Å². The first-order valence-corrected chi connectivity index (χ1v) is 9.59. The van der Waals surface area contributed by atoms with Crippen LogP contribution in [0.1, 0.15) is 27.7 Å². The third-order valence-corrected chi connectivity index (χ3v) is 4.99. The van der Waals surface area contributed by atoms with Crippen molar-refractivity contribution in [2.45, 2.75) is 12.5 Å². The summed E-state index contributed by atoms with van der Waals surface area (Å²) in [7, 11) is 0. The Balaban J connectivity index is 1.57. The van der Waals surface area contributed by atoms with Crippen molar-refractivity contribution >= 4 is 23.0 Å². The van der Waals surface area contributed by atoms with Crippen LogP contribution in [-0.2, 0) is 6.42 Å². The van der Waals surface area contributed by atoms with E-state index < -0.39 is 6.04 Å². The summed E-state index contributed by atoms with van der Waals surface area (Å²) in [4.78, 5) is 17.7. The molecule has 1 atom stereocenters. The minimum atomic E-state index is -0.436. The zero-order valence-corrected chi connectivity index (χ0v) is 16.0. The molecule has 5 heteroatoms. The zero-order valence-electron chi connectivity index (χ0n) is 15.3. The minimum Gasteiger partial charge on any atom is -0.303 e. The molecular weight excluding hydrogens is 370 g/mol. The van der Waals surface area contributed by atoms with Crippen molar-refractivity contribution in [1.82, 2.24) is 14.7 Å². The highest BCUT2D eigenvalue weighted by Crippen LogP contribution is 2.20. The first-order chi connectivity index (χ1) is 13.7. The van der Waals surface area contributed by atoms with Crippen LogP contribution in [0, 0.1) is 0 Å². The molecule has 0 spiro atoms. The molecule has 0 radical (unpaired) electrons. The second-order valence-corrected chi connectivity index (χ2v) is 7.05. The fourth-order valence-corrected chi connectivity index (χ4v) is 3.41. The van der Waals surface area contributed by atoms with E-state index in [4.69, 9.17) is 11.6 Å². The summed E-state index contributed by atoms with van der Waals surface area (Å²) in [5.41, 5.74) is 3.45. The summed E-state index contributed by atoms with van der Waals surface area (Å²) in [6.07, 6.45) is 4.32. The second kappa shape index (κ2) is 8.38. The summed E-state index contributed by atoms with van der Waals surface area (Å²) in [5, 5.41) is 4.15. The Bertz CT molecular complexity index is 1070. The number of halogens is 1. The molecule has 4 aromatic rings. The molecule has 140 valence electrons. The van der Waals surface area contributed by atoms with Gasteiger partial charge in [-0.3, -0.25) is 9.20 Å². The van der Waals surface area contributed by atoms with E-state index in [0.29, 0.717) is 12.2 Å². The Hall–Kier alpha value is -2.95. The molecule has 2 aromatic heterocycles. The van der Waals surface area contributed by atoms with Crippen LogP contribution < -0.4 is 5.32 Å². The predicted molar refractivity (Wildman–Crippen MR) is 112 cm³/mol. The van der Waals surface area contributed by atoms with Crippen molar-refractivity contribution in [3.8, 4) is 0 Å². The fraction of sp³-hybridized carbons (Fsp3) is 0.130. The summed E-state index contributed by atoms with van der Waals surface area (Å²) in [6.45, 7) is 0.670. The number of ketones is 1. The monoisotopic (exact) mass is 389 g/mol. The molecule has 4 nitrogen and oxygen atoms in total. The van der Waals surface area contributed by atoms with Crippen LogP contribution in [0.4, 0.5) is 0 Å². The van der Waals surface area contributed by atoms with Crippen LogP contribution in [0.15, 0.2) is 85.2 Å². The third kappa shape index (κ3) is 3.98. The maximum atomic E-state index is 13.4. The number of Topliss-reactive ketones (excluding diaryl/α,β-unsaturated/α-hetero) is 1. The number of fused-ring (bicyclic) bond motifs is 1. The standard InChI is InChI=1S/C23H20ClN3O/c24-19-11-9-17(10-12-19)13-14-25-22(18-6-2-1-3-7-18)23(28)20-16-26-21-8-4-5-15-27(20)21/h1-12,15-16,22,25H,13-14H2/t22-/m1/s1. The number of rotatable bonds is 7. The molecule has 28 heavy (non-hydrogen) atoms. The first-order valence-electron chi connectivity index (χ1n) is 9.21. The van der Waals surface area contributed by atoms with Gasteiger partial charge in [0.25, 0.3) is 0 Å². The molecule has 4 rings (SSSR count). The number of imidazole rings is 1. The number of carbonyl (C=O) groups excluding carboxylic acids is 1. The smallest absolute Gasteiger partial charge is 0.202 e. The van der Waals surface area contributed by atoms with Crippen molar-refractivity contribution in [3.05, 3.63) is 107 Å². The van der Waals surface area contributed by atoms with Crippen LogP contribution in [0.2, 0.25) is 5.02 Å². The van der Waals surface area contributed by atoms with Gasteiger partial charge in [-0.05, 0) is 41.8 Å². The lowest BCUT2D eigenvalue weighted by atomic mass is 10.0. The summed E-state index contributed by atoms with van der Waals surface area (Å²) in [6, 6.07) is 22.8. The zero-order chi connectivity index (χ0) is 19.3. The Kier molecular flexibility index (Phi) is 5.51. The van der Waals surface area contributed by atoms with Gasteiger partial charge in [-0.2, -0.15) is 0 Å². The van der Waals surface area contributed by atoms with Crippen LogP contribution in [0.3, 0.4) is 0 Å². The molecule has 0 unspecified atom stereocenters. The van der Waals surface area contributed by atoms with E-state index in [-0.39, 0.29) is 5.78 Å². The molecule has 0 saturated carbocycles. The number of hydrogen-bond acceptors (Lipinski definition) is 3. The van der Waals surface area contributed by atoms with Gasteiger partial charge in [0.1, 0.15) is 11.3 Å². The predicted octanol–water partition coefficient (Wildman–Crippen LogP) is 4.74. The maximum Gasteiger partial charge on any atom is 0.202 e. The van der Waals surface area contributed by atoms with Gasteiger partial charge >= 0.3 is 0 Å². The van der Waals surface area contributed by atoms with E-state index in [1.165, 1.54) is 5.56 Å². The van der Waals surface area contributed by atoms with Crippen LogP contribution in [0.5, 0.6) is 0 Å². The van der Waals surface area contributed by atoms with Gasteiger partial charge in [-0.1, -0.05) is 60.1 Å². The molecule has 0 aliphatic rings. The average molecular weight is 390 g/mol. The Morgan fingerprint density at radius 2 is 1.75 bits per heavy atom. The normalized spacial score (nSPS) is 12.2. The maximum absolute atomic E-state index is 13.4. The van der Waals surface area contributed by atoms with Gasteiger partial charge in [-0.25, -0.2) is 4.98 Å². The number of nitrogens with one attached hydrogen (secondary N) is 1. The highest BCUT2D eigenvalue weighted by atomic mass is 35.5. The van der Waals surface area contributed by atoms with E-state index in [9.17, 15) is 4.79 Å². The number of benzene rings is 2. The highest BCUT2D eigenvalue weighted by Gasteiger charge is 2.24. The molecule has 0 amide bonds. The second-order valence-electron chi connectivity index (χ2n) is 6.61. The number of carbonyl (C=O) groups is 1. The van der Waals surface area contributed by atoms with E-state index in [2.05, 4.69) is 10.3 Å². The lowest BCUT2D eigenvalue weighted by molar-refractivity contribution is 0.0937. The Morgan fingerprint density at radius 1 is 1.00 bits per heavy atom. The van der Waals surface area contributed by atoms with E-state index >= 15 is 0 Å². The third-order valence-electron chi connectivity index (χ3n) is 4.74. The molecule has 2 aromatic carbocycles. The minimum absolute atomic E-state index is 0.000932. The van der Waals surface area contributed by atoms with Crippen molar-refractivity contribution in [3.63, 3.8) is 0 Å². The quantitative estimate of drug-likeness (QED) is 0.464. The molecule has 2 heterocycles. The van der Waals surface area contributed by atoms with Gasteiger partial charge in [0.15, 0.2) is 0 Å². The van der Waals surface area contributed by atoms with Gasteiger partial charge in [0.05, 0.1) is 12.2 Å². The van der Waals surface area contributed by atoms with Gasteiger partial charge < -0.3 is 5.32 Å². The van der Waals surface area contributed by atoms with E-state index in [1.54, 1.807) is 6.20 Å². The van der Waals surface area contributed by atoms with E-state index in [0.717, 1.165) is 22.7 Å². The topological polar surface area (TPSA) is 46.4 Å². The van der Waals surface area contributed by atoms with Gasteiger partial charge in [0, 0.05) is 17.8 Å². The number of nitrogens with zero attached hydrogens (tertiary/aromatic N) is 2. The Labute approximate surface area is 168 Å². The summed E-state index contributed by atoms with van der Waals surface area (Å²) in [5.74, 6) is 0.000932. The molecule has 1 N–H and O–H groups in total. The lowest BCUT2D eigenvalue weighted by Crippen LogP contribution is -2.31. The largest absolute Gasteiger partial charge is 0.303 e. The highest BCUT2D eigenvalue weighted by molar-refractivity contribution is 6.30. The van der Waals surface area contributed by atoms with Crippen molar-refractivity contribution in [2.75, 3.05) is 6.54 Å². The number of pyridine rings is 1. The molecular formula is C23H20ClN3O. The van der Waals surface area contributed by atoms with Crippen LogP contribution >= 0.6 is 11.6 Å². The molecule has 0 saturated heterocycles. The van der Waals surface area contributed by atoms with Crippen molar-refractivity contribution < 1.29 is 4.79 Å². The van der Waals surface area contributed by atoms with Crippen LogP contribution in [-0.4, -0.2) is 21.7 Å². The summed E-state index contributed by atoms with van der Waals surface area (Å²) < 4.78 is 1.83. The number of aromatic nitrogens is 2. The fourth-order valence-electron chi connectivity index (χ4n) is 3.28. The molecule has 0 bridgehead atoms. The molecule has 0 fully saturated rings. The number of hydrogen-bond donors (Lipinski definition) is 1. The van der Waals surface area contributed by atoms with Gasteiger partial charge in [0.2, 0.25) is 5.78 Å². The van der Waals surface area contributed by atoms with Crippen molar-refractivity contribution in [1.29, 1.82) is 0 Å². The summed E-state index contributed by atoms with van der Waals surface area (Å²) >= 11 is 5.95. The van der Waals surface area contributed by atoms with Gasteiger partial charge in [-0.15, -0.1) is 0 Å². The lowest BCUT2D eigenvalue weighted by Gasteiger charge is -2.18.